The van der Waals surface area contributed by atoms with E-state index in [9.17, 15) is 14.9 Å². The maximum atomic E-state index is 12.7. The van der Waals surface area contributed by atoms with E-state index in [0.717, 1.165) is 17.7 Å². The van der Waals surface area contributed by atoms with Crippen molar-refractivity contribution in [3.8, 4) is 0 Å². The number of benzene rings is 1. The number of thiophene rings is 1. The molecule has 0 saturated carbocycles. The number of carbonyl (C=O) groups is 1. The van der Waals surface area contributed by atoms with Gasteiger partial charge in [-0.05, 0) is 36.4 Å². The number of nitro benzene ring substituents is 1. The van der Waals surface area contributed by atoms with Crippen LogP contribution in [-0.4, -0.2) is 22.3 Å². The second-order valence-corrected chi connectivity index (χ2v) is 6.18. The van der Waals surface area contributed by atoms with Gasteiger partial charge in [0.15, 0.2) is 0 Å². The van der Waals surface area contributed by atoms with Crippen LogP contribution in [0.5, 0.6) is 0 Å². The van der Waals surface area contributed by atoms with Gasteiger partial charge < -0.3 is 10.6 Å². The number of nitrogens with two attached hydrogens (primary N) is 1. The summed E-state index contributed by atoms with van der Waals surface area (Å²) < 4.78 is 0. The number of nitrogens with zero attached hydrogens (tertiary/aromatic N) is 2. The third-order valence-electron chi connectivity index (χ3n) is 3.86. The molecule has 1 aromatic carbocycles. The second-order valence-electron chi connectivity index (χ2n) is 5.20. The van der Waals surface area contributed by atoms with E-state index in [4.69, 9.17) is 5.73 Å². The number of hydrogen-bond acceptors (Lipinski definition) is 5. The molecular formula is C15H15N3O3S. The second kappa shape index (κ2) is 5.76. The van der Waals surface area contributed by atoms with E-state index in [-0.39, 0.29) is 23.3 Å². The topological polar surface area (TPSA) is 89.5 Å². The average molecular weight is 317 g/mol. The largest absolute Gasteiger partial charge is 0.393 e. The fourth-order valence-corrected chi connectivity index (χ4v) is 3.66. The van der Waals surface area contributed by atoms with Crippen molar-refractivity contribution in [2.45, 2.75) is 18.9 Å². The van der Waals surface area contributed by atoms with Gasteiger partial charge in [0, 0.05) is 23.1 Å². The molecule has 0 bridgehead atoms. The molecule has 2 aromatic rings. The first-order chi connectivity index (χ1) is 10.6. The van der Waals surface area contributed by atoms with Gasteiger partial charge in [0.05, 0.1) is 11.0 Å². The van der Waals surface area contributed by atoms with Crippen molar-refractivity contribution in [1.29, 1.82) is 0 Å². The first-order valence-corrected chi connectivity index (χ1v) is 7.84. The zero-order valence-corrected chi connectivity index (χ0v) is 12.6. The first kappa shape index (κ1) is 14.5. The average Bonchev–Trinajstić information content (AvgIpc) is 3.17. The Morgan fingerprint density at radius 1 is 1.41 bits per heavy atom. The lowest BCUT2D eigenvalue weighted by molar-refractivity contribution is -0.383. The molecule has 1 unspecified atom stereocenters. The summed E-state index contributed by atoms with van der Waals surface area (Å²) in [6.07, 6.45) is 1.86. The highest BCUT2D eigenvalue weighted by Crippen LogP contribution is 2.36. The van der Waals surface area contributed by atoms with Crippen LogP contribution >= 0.6 is 11.3 Å². The molecule has 3 rings (SSSR count). The maximum Gasteiger partial charge on any atom is 0.292 e. The summed E-state index contributed by atoms with van der Waals surface area (Å²) in [5, 5.41) is 13.0. The minimum atomic E-state index is -0.563. The van der Waals surface area contributed by atoms with E-state index in [0.29, 0.717) is 12.1 Å². The molecule has 22 heavy (non-hydrogen) atoms. The lowest BCUT2D eigenvalue weighted by Gasteiger charge is -2.24. The number of likely N-dealkylation sites (tertiary alicyclic amines) is 1. The molecule has 7 heteroatoms. The number of carbonyl (C=O) groups excluding carboxylic acids is 1. The monoisotopic (exact) mass is 317 g/mol. The number of amides is 1. The summed E-state index contributed by atoms with van der Waals surface area (Å²) in [6.45, 7) is 0.666. The smallest absolute Gasteiger partial charge is 0.292 e. The van der Waals surface area contributed by atoms with Crippen molar-refractivity contribution >= 4 is 28.6 Å². The Morgan fingerprint density at radius 2 is 2.23 bits per heavy atom. The molecule has 1 aromatic heterocycles. The van der Waals surface area contributed by atoms with Crippen molar-refractivity contribution in [1.82, 2.24) is 4.90 Å². The van der Waals surface area contributed by atoms with Gasteiger partial charge in [-0.25, -0.2) is 0 Å². The van der Waals surface area contributed by atoms with Gasteiger partial charge in [0.25, 0.3) is 11.6 Å². The molecular weight excluding hydrogens is 302 g/mol. The van der Waals surface area contributed by atoms with E-state index in [2.05, 4.69) is 0 Å². The van der Waals surface area contributed by atoms with Gasteiger partial charge >= 0.3 is 0 Å². The fourth-order valence-electron chi connectivity index (χ4n) is 2.79. The first-order valence-electron chi connectivity index (χ1n) is 6.96. The highest BCUT2D eigenvalue weighted by atomic mass is 32.1. The van der Waals surface area contributed by atoms with E-state index >= 15 is 0 Å². The number of rotatable bonds is 3. The molecule has 1 aliphatic rings. The third kappa shape index (κ3) is 2.55. The van der Waals surface area contributed by atoms with E-state index in [1.807, 2.05) is 17.5 Å². The maximum absolute atomic E-state index is 12.7. The van der Waals surface area contributed by atoms with Gasteiger partial charge in [-0.2, -0.15) is 0 Å². The Balaban J connectivity index is 1.90. The minimum Gasteiger partial charge on any atom is -0.393 e. The van der Waals surface area contributed by atoms with Crippen LogP contribution in [0.3, 0.4) is 0 Å². The summed E-state index contributed by atoms with van der Waals surface area (Å²) in [4.78, 5) is 26.1. The number of nitrogen functional groups attached to an aromatic ring is 1. The molecule has 1 atom stereocenters. The predicted molar refractivity (Wildman–Crippen MR) is 84.8 cm³/mol. The lowest BCUT2D eigenvalue weighted by atomic mass is 10.1. The van der Waals surface area contributed by atoms with Crippen molar-refractivity contribution in [3.63, 3.8) is 0 Å². The van der Waals surface area contributed by atoms with Crippen LogP contribution < -0.4 is 5.73 Å². The molecule has 2 N–H and O–H groups in total. The third-order valence-corrected chi connectivity index (χ3v) is 4.83. The normalized spacial score (nSPS) is 17.6. The molecule has 0 radical (unpaired) electrons. The molecule has 0 aliphatic carbocycles. The predicted octanol–water partition coefficient (Wildman–Crippen LogP) is 3.22. The van der Waals surface area contributed by atoms with E-state index < -0.39 is 4.92 Å². The molecule has 6 nitrogen and oxygen atoms in total. The fraction of sp³-hybridized carbons (Fsp3) is 0.267. The van der Waals surface area contributed by atoms with E-state index in [1.54, 1.807) is 22.3 Å². The van der Waals surface area contributed by atoms with Crippen LogP contribution in [0.15, 0.2) is 35.7 Å². The van der Waals surface area contributed by atoms with E-state index in [1.165, 1.54) is 12.1 Å². The summed E-state index contributed by atoms with van der Waals surface area (Å²) in [5.74, 6) is -0.181. The number of hydrogen-bond donors (Lipinski definition) is 1. The Hall–Kier alpha value is -2.41. The molecule has 2 heterocycles. The Bertz CT molecular complexity index is 715. The lowest BCUT2D eigenvalue weighted by Crippen LogP contribution is -2.30. The van der Waals surface area contributed by atoms with Gasteiger partial charge in [-0.1, -0.05) is 6.07 Å². The SMILES string of the molecule is Nc1ccc(C(=O)N2CCCC2c2cccs2)cc1[N+](=O)[O-]. The molecule has 0 spiro atoms. The Labute approximate surface area is 131 Å². The highest BCUT2D eigenvalue weighted by Gasteiger charge is 2.31. The quantitative estimate of drug-likeness (QED) is 0.534. The van der Waals surface area contributed by atoms with Gasteiger partial charge in [-0.15, -0.1) is 11.3 Å². The summed E-state index contributed by atoms with van der Waals surface area (Å²) in [7, 11) is 0. The number of nitro groups is 1. The minimum absolute atomic E-state index is 0.0594. The van der Waals surface area contributed by atoms with Crippen LogP contribution in [0.2, 0.25) is 0 Å². The standard InChI is InChI=1S/C15H15N3O3S/c16-11-6-5-10(9-13(11)18(20)21)15(19)17-7-1-3-12(17)14-4-2-8-22-14/h2,4-6,8-9,12H,1,3,7,16H2. The zero-order chi connectivity index (χ0) is 15.7. The summed E-state index contributed by atoms with van der Waals surface area (Å²) >= 11 is 1.62. The molecule has 114 valence electrons. The Kier molecular flexibility index (Phi) is 3.81. The van der Waals surface area contributed by atoms with Gasteiger partial charge in [0.1, 0.15) is 5.69 Å². The van der Waals surface area contributed by atoms with Gasteiger partial charge in [0.2, 0.25) is 0 Å². The molecule has 1 aliphatic heterocycles. The van der Waals surface area contributed by atoms with Crippen LogP contribution in [0, 0.1) is 10.1 Å². The van der Waals surface area contributed by atoms with Crippen molar-refractivity contribution in [3.05, 3.63) is 56.3 Å². The number of anilines is 1. The van der Waals surface area contributed by atoms with Crippen LogP contribution in [0.25, 0.3) is 0 Å². The van der Waals surface area contributed by atoms with Gasteiger partial charge in [-0.3, -0.25) is 14.9 Å². The Morgan fingerprint density at radius 3 is 2.91 bits per heavy atom. The summed E-state index contributed by atoms with van der Waals surface area (Å²) in [6, 6.07) is 8.28. The molecule has 1 amide bonds. The van der Waals surface area contributed by atoms with Crippen molar-refractivity contribution < 1.29 is 9.72 Å². The highest BCUT2D eigenvalue weighted by molar-refractivity contribution is 7.10. The van der Waals surface area contributed by atoms with Crippen LogP contribution in [0.1, 0.15) is 34.1 Å². The van der Waals surface area contributed by atoms with Crippen molar-refractivity contribution in [2.24, 2.45) is 0 Å². The van der Waals surface area contributed by atoms with Crippen LogP contribution in [-0.2, 0) is 0 Å². The zero-order valence-electron chi connectivity index (χ0n) is 11.8. The van der Waals surface area contributed by atoms with Crippen molar-refractivity contribution in [2.75, 3.05) is 12.3 Å². The molecule has 1 fully saturated rings. The van der Waals surface area contributed by atoms with Crippen LogP contribution in [0.4, 0.5) is 11.4 Å². The molecule has 1 saturated heterocycles. The summed E-state index contributed by atoms with van der Waals surface area (Å²) in [5.41, 5.74) is 5.74.